The van der Waals surface area contributed by atoms with Crippen molar-refractivity contribution in [3.05, 3.63) is 82.2 Å². The van der Waals surface area contributed by atoms with E-state index in [4.69, 9.17) is 14.3 Å². The van der Waals surface area contributed by atoms with Crippen molar-refractivity contribution in [2.75, 3.05) is 6.61 Å². The lowest BCUT2D eigenvalue weighted by atomic mass is 9.98. The molecule has 1 atom stereocenters. The number of benzene rings is 2. The average molecular weight is 456 g/mol. The highest BCUT2D eigenvalue weighted by molar-refractivity contribution is 9.10. The highest BCUT2D eigenvalue weighted by Crippen LogP contribution is 2.44. The van der Waals surface area contributed by atoms with Gasteiger partial charge < -0.3 is 19.6 Å². The Bertz CT molecular complexity index is 1020. The number of carbonyl (C=O) groups excluding carboxylic acids is 1. The van der Waals surface area contributed by atoms with Gasteiger partial charge in [-0.25, -0.2) is 4.79 Å². The zero-order chi connectivity index (χ0) is 20.4. The summed E-state index contributed by atoms with van der Waals surface area (Å²) in [6.07, 6.45) is -1.00. The lowest BCUT2D eigenvalue weighted by molar-refractivity contribution is -0.137. The number of carboxylic acid groups (broad SMARTS) is 1. The number of carboxylic acids is 1. The van der Waals surface area contributed by atoms with Crippen molar-refractivity contribution in [2.45, 2.75) is 18.4 Å². The lowest BCUT2D eigenvalue weighted by Gasteiger charge is -2.17. The number of alkyl carbamates (subject to hydrolysis) is 1. The third kappa shape index (κ3) is 4.05. The van der Waals surface area contributed by atoms with Gasteiger partial charge in [-0.3, -0.25) is 4.79 Å². The van der Waals surface area contributed by atoms with Crippen molar-refractivity contribution in [1.82, 2.24) is 5.32 Å². The monoisotopic (exact) mass is 455 g/mol. The first-order valence-electron chi connectivity index (χ1n) is 9.11. The van der Waals surface area contributed by atoms with E-state index in [0.29, 0.717) is 10.4 Å². The number of hydrogen-bond donors (Lipinski definition) is 2. The molecule has 0 saturated carbocycles. The Morgan fingerprint density at radius 3 is 2.21 bits per heavy atom. The van der Waals surface area contributed by atoms with Crippen LogP contribution in [0, 0.1) is 0 Å². The maximum atomic E-state index is 12.4. The van der Waals surface area contributed by atoms with Gasteiger partial charge in [-0.1, -0.05) is 48.5 Å². The molecule has 6 nitrogen and oxygen atoms in total. The van der Waals surface area contributed by atoms with Crippen LogP contribution < -0.4 is 5.32 Å². The average Bonchev–Trinajstić information content (AvgIpc) is 3.27. The Morgan fingerprint density at radius 2 is 1.66 bits per heavy atom. The molecule has 4 rings (SSSR count). The van der Waals surface area contributed by atoms with Crippen molar-refractivity contribution in [1.29, 1.82) is 0 Å². The van der Waals surface area contributed by atoms with Crippen LogP contribution in [0.1, 0.15) is 35.3 Å². The van der Waals surface area contributed by atoms with Crippen molar-refractivity contribution in [2.24, 2.45) is 0 Å². The smallest absolute Gasteiger partial charge is 0.407 e. The van der Waals surface area contributed by atoms with Crippen LogP contribution >= 0.6 is 15.9 Å². The first kappa shape index (κ1) is 19.3. The zero-order valence-electron chi connectivity index (χ0n) is 15.3. The molecule has 1 aromatic heterocycles. The Morgan fingerprint density at radius 1 is 1.03 bits per heavy atom. The fourth-order valence-corrected chi connectivity index (χ4v) is 4.01. The summed E-state index contributed by atoms with van der Waals surface area (Å²) in [6.45, 7) is 0.154. The fourth-order valence-electron chi connectivity index (χ4n) is 3.70. The van der Waals surface area contributed by atoms with Crippen LogP contribution in [0.2, 0.25) is 0 Å². The van der Waals surface area contributed by atoms with Crippen LogP contribution in [0.3, 0.4) is 0 Å². The largest absolute Gasteiger partial charge is 0.481 e. The van der Waals surface area contributed by atoms with E-state index in [-0.39, 0.29) is 18.9 Å². The van der Waals surface area contributed by atoms with E-state index >= 15 is 0 Å². The second-order valence-corrected chi connectivity index (χ2v) is 7.54. The summed E-state index contributed by atoms with van der Waals surface area (Å²) in [5.74, 6) is -0.780. The number of aliphatic carboxylic acids is 1. The summed E-state index contributed by atoms with van der Waals surface area (Å²) in [6, 6.07) is 18.5. The lowest BCUT2D eigenvalue weighted by Crippen LogP contribution is -2.31. The van der Waals surface area contributed by atoms with Gasteiger partial charge in [-0.2, -0.15) is 0 Å². The highest BCUT2D eigenvalue weighted by atomic mass is 79.9. The third-order valence-electron chi connectivity index (χ3n) is 4.95. The van der Waals surface area contributed by atoms with E-state index in [9.17, 15) is 9.59 Å². The molecule has 0 aliphatic heterocycles. The molecule has 1 aliphatic carbocycles. The minimum Gasteiger partial charge on any atom is -0.481 e. The predicted octanol–water partition coefficient (Wildman–Crippen LogP) is 5.10. The summed E-state index contributed by atoms with van der Waals surface area (Å²) in [7, 11) is 0. The second-order valence-electron chi connectivity index (χ2n) is 6.76. The van der Waals surface area contributed by atoms with E-state index in [0.717, 1.165) is 22.3 Å². The van der Waals surface area contributed by atoms with E-state index in [2.05, 4.69) is 33.4 Å². The Hall–Kier alpha value is -3.06. The van der Waals surface area contributed by atoms with Gasteiger partial charge >= 0.3 is 12.1 Å². The minimum atomic E-state index is -1.05. The molecule has 3 aromatic rings. The summed E-state index contributed by atoms with van der Waals surface area (Å²) in [5.41, 5.74) is 4.50. The van der Waals surface area contributed by atoms with Gasteiger partial charge in [0.15, 0.2) is 4.67 Å². The maximum Gasteiger partial charge on any atom is 0.407 e. The molecule has 0 fully saturated rings. The zero-order valence-corrected chi connectivity index (χ0v) is 16.9. The summed E-state index contributed by atoms with van der Waals surface area (Å²) in [4.78, 5) is 23.6. The summed E-state index contributed by atoms with van der Waals surface area (Å²) < 4.78 is 11.3. The first-order valence-corrected chi connectivity index (χ1v) is 9.91. The molecule has 148 valence electrons. The van der Waals surface area contributed by atoms with Gasteiger partial charge in [-0.05, 0) is 50.3 Å². The molecule has 1 aliphatic rings. The number of halogens is 1. The Balaban J connectivity index is 1.47. The van der Waals surface area contributed by atoms with Crippen LogP contribution in [-0.2, 0) is 9.53 Å². The first-order chi connectivity index (χ1) is 14.0. The SMILES string of the molecule is O=C(O)C[C@@H](NC(=O)OCC1c2ccccc2-c2ccccc21)c1ccc(Br)o1. The van der Waals surface area contributed by atoms with Crippen LogP contribution in [0.15, 0.2) is 69.8 Å². The molecule has 7 heteroatoms. The number of rotatable bonds is 6. The van der Waals surface area contributed by atoms with Gasteiger partial charge in [0.05, 0.1) is 6.42 Å². The number of amides is 1. The number of fused-ring (bicyclic) bond motifs is 3. The van der Waals surface area contributed by atoms with E-state index in [1.54, 1.807) is 12.1 Å². The number of hydrogen-bond acceptors (Lipinski definition) is 4. The number of nitrogens with one attached hydrogen (secondary N) is 1. The summed E-state index contributed by atoms with van der Waals surface area (Å²) >= 11 is 3.18. The normalized spacial score (nSPS) is 13.4. The molecule has 29 heavy (non-hydrogen) atoms. The van der Waals surface area contributed by atoms with Crippen LogP contribution in [0.25, 0.3) is 11.1 Å². The topological polar surface area (TPSA) is 88.8 Å². The molecule has 0 spiro atoms. The number of ether oxygens (including phenoxy) is 1. The Kier molecular flexibility index (Phi) is 5.40. The van der Waals surface area contributed by atoms with E-state index < -0.39 is 18.1 Å². The van der Waals surface area contributed by atoms with Gasteiger partial charge in [0, 0.05) is 5.92 Å². The van der Waals surface area contributed by atoms with Gasteiger partial charge in [0.25, 0.3) is 0 Å². The highest BCUT2D eigenvalue weighted by Gasteiger charge is 2.29. The van der Waals surface area contributed by atoms with Crippen LogP contribution in [-0.4, -0.2) is 23.8 Å². The van der Waals surface area contributed by atoms with Gasteiger partial charge in [-0.15, -0.1) is 0 Å². The van der Waals surface area contributed by atoms with E-state index in [1.807, 2.05) is 36.4 Å². The van der Waals surface area contributed by atoms with Crippen molar-refractivity contribution >= 4 is 28.0 Å². The molecule has 1 amide bonds. The third-order valence-corrected chi connectivity index (χ3v) is 5.38. The molecule has 2 N–H and O–H groups in total. The van der Waals surface area contributed by atoms with Crippen LogP contribution in [0.4, 0.5) is 4.79 Å². The standard InChI is InChI=1S/C22H18BrNO5/c23-20-10-9-19(29-20)18(11-21(25)26)24-22(27)28-12-17-15-7-3-1-5-13(15)14-6-2-4-8-16(14)17/h1-10,17-18H,11-12H2,(H,24,27)(H,25,26)/t18-/m1/s1. The van der Waals surface area contributed by atoms with E-state index in [1.165, 1.54) is 0 Å². The van der Waals surface area contributed by atoms with Gasteiger partial charge in [0.1, 0.15) is 18.4 Å². The molecular formula is C22H18BrNO5. The molecule has 0 bridgehead atoms. The molecular weight excluding hydrogens is 438 g/mol. The maximum absolute atomic E-state index is 12.4. The van der Waals surface area contributed by atoms with Crippen molar-refractivity contribution in [3.63, 3.8) is 0 Å². The fraction of sp³-hybridized carbons (Fsp3) is 0.182. The number of furan rings is 1. The molecule has 2 aromatic carbocycles. The van der Waals surface area contributed by atoms with Crippen molar-refractivity contribution < 1.29 is 23.8 Å². The minimum absolute atomic E-state index is 0.0659. The quantitative estimate of drug-likeness (QED) is 0.539. The molecule has 0 saturated heterocycles. The molecule has 0 radical (unpaired) electrons. The van der Waals surface area contributed by atoms with Crippen molar-refractivity contribution in [3.8, 4) is 11.1 Å². The number of carbonyl (C=O) groups is 2. The Labute approximate surface area is 175 Å². The summed E-state index contributed by atoms with van der Waals surface area (Å²) in [5, 5.41) is 11.7. The van der Waals surface area contributed by atoms with Gasteiger partial charge in [0.2, 0.25) is 0 Å². The van der Waals surface area contributed by atoms with Crippen LogP contribution in [0.5, 0.6) is 0 Å². The predicted molar refractivity (Wildman–Crippen MR) is 110 cm³/mol. The molecule has 0 unspecified atom stereocenters. The second kappa shape index (κ2) is 8.13. The molecule has 1 heterocycles.